The van der Waals surface area contributed by atoms with E-state index in [4.69, 9.17) is 15.6 Å². The monoisotopic (exact) mass is 546 g/mol. The molecule has 2 aromatic carbocycles. The number of nitrogens with two attached hydrogens (primary N) is 1. The Morgan fingerprint density at radius 3 is 2.51 bits per heavy atom. The zero-order chi connectivity index (χ0) is 27.9. The lowest BCUT2D eigenvalue weighted by Crippen LogP contribution is -2.51. The van der Waals surface area contributed by atoms with E-state index >= 15 is 0 Å². The lowest BCUT2D eigenvalue weighted by molar-refractivity contribution is -0.327. The van der Waals surface area contributed by atoms with Gasteiger partial charge in [0.15, 0.2) is 0 Å². The van der Waals surface area contributed by atoms with Gasteiger partial charge in [-0.3, -0.25) is 14.2 Å². The van der Waals surface area contributed by atoms with Crippen molar-refractivity contribution in [3.05, 3.63) is 60.3 Å². The minimum Gasteiger partial charge on any atom is -0.491 e. The molecule has 0 spiro atoms. The van der Waals surface area contributed by atoms with Crippen LogP contribution >= 0.6 is 0 Å². The van der Waals surface area contributed by atoms with Crippen LogP contribution in [-0.2, 0) is 20.8 Å². The molecule has 13 heteroatoms. The first kappa shape index (κ1) is 26.5. The van der Waals surface area contributed by atoms with Crippen molar-refractivity contribution in [2.75, 3.05) is 18.3 Å². The van der Waals surface area contributed by atoms with E-state index in [0.29, 0.717) is 28.6 Å². The zero-order valence-corrected chi connectivity index (χ0v) is 20.5. The van der Waals surface area contributed by atoms with E-state index in [2.05, 4.69) is 4.84 Å². The number of nitrogens with zero attached hydrogens (tertiary/aromatic N) is 3. The van der Waals surface area contributed by atoms with Crippen molar-refractivity contribution >= 4 is 34.4 Å². The second kappa shape index (κ2) is 10.2. The molecule has 206 valence electrons. The molecule has 2 fully saturated rings. The highest BCUT2D eigenvalue weighted by atomic mass is 19.4. The summed E-state index contributed by atoms with van der Waals surface area (Å²) >= 11 is 0. The Balaban J connectivity index is 1.44. The van der Waals surface area contributed by atoms with E-state index in [1.165, 1.54) is 39.9 Å². The van der Waals surface area contributed by atoms with Gasteiger partial charge in [-0.1, -0.05) is 18.2 Å². The average molecular weight is 547 g/mol. The van der Waals surface area contributed by atoms with Crippen LogP contribution in [0.3, 0.4) is 0 Å². The number of aliphatic hydroxyl groups excluding tert-OH is 1. The number of aromatic nitrogens is 1. The molecule has 3 atom stereocenters. The molecule has 0 bridgehead atoms. The van der Waals surface area contributed by atoms with Gasteiger partial charge in [0.2, 0.25) is 5.91 Å². The SMILES string of the molecule is NC(=O)n1cc(CC(=O)N2C(C(=O)N(OC(F)(F)F)c3ccccc3)CC3CC32)c2cc(OCCO)ccc21. The van der Waals surface area contributed by atoms with Gasteiger partial charge in [0, 0.05) is 17.6 Å². The van der Waals surface area contributed by atoms with Crippen molar-refractivity contribution in [3.63, 3.8) is 0 Å². The van der Waals surface area contributed by atoms with E-state index in [0.717, 1.165) is 0 Å². The molecule has 3 amide bonds. The summed E-state index contributed by atoms with van der Waals surface area (Å²) in [6.07, 6.45) is -3.10. The average Bonchev–Trinajstić information content (AvgIpc) is 3.41. The van der Waals surface area contributed by atoms with Crippen molar-refractivity contribution in [1.82, 2.24) is 9.47 Å². The van der Waals surface area contributed by atoms with Crippen molar-refractivity contribution < 1.29 is 42.2 Å². The maximum atomic E-state index is 13.6. The minimum absolute atomic E-state index is 0.00291. The predicted octanol–water partition coefficient (Wildman–Crippen LogP) is 2.96. The number of halogens is 3. The molecule has 1 aromatic heterocycles. The van der Waals surface area contributed by atoms with Crippen LogP contribution in [0.2, 0.25) is 0 Å². The fourth-order valence-electron chi connectivity index (χ4n) is 5.17. The van der Waals surface area contributed by atoms with Crippen LogP contribution < -0.4 is 15.5 Å². The summed E-state index contributed by atoms with van der Waals surface area (Å²) < 4.78 is 46.3. The molecule has 1 saturated carbocycles. The molecule has 1 aliphatic heterocycles. The standard InChI is InChI=1S/C26H25F3N4O6/c27-26(28,29)39-33(17-4-2-1-3-5-17)24(36)22-11-15-10-21(15)32(22)23(35)12-16-14-31(25(30)37)20-7-6-18(13-19(16)20)38-9-8-34/h1-7,13-15,21-22,34H,8-12H2,(H2,30,37). The number of carbonyl (C=O) groups excluding carboxylic acids is 3. The second-order valence-corrected chi connectivity index (χ2v) is 9.41. The summed E-state index contributed by atoms with van der Waals surface area (Å²) in [5.74, 6) is -1.09. The first-order chi connectivity index (χ1) is 18.6. The summed E-state index contributed by atoms with van der Waals surface area (Å²) in [4.78, 5) is 44.4. The third kappa shape index (κ3) is 5.40. The Morgan fingerprint density at radius 2 is 1.85 bits per heavy atom. The first-order valence-electron chi connectivity index (χ1n) is 12.2. The van der Waals surface area contributed by atoms with Crippen LogP contribution in [0.4, 0.5) is 23.7 Å². The van der Waals surface area contributed by atoms with Crippen LogP contribution in [0.25, 0.3) is 10.9 Å². The zero-order valence-electron chi connectivity index (χ0n) is 20.5. The Kier molecular flexibility index (Phi) is 6.95. The van der Waals surface area contributed by atoms with E-state index < -0.39 is 30.2 Å². The fourth-order valence-corrected chi connectivity index (χ4v) is 5.17. The molecule has 1 aliphatic carbocycles. The number of anilines is 1. The number of benzene rings is 2. The van der Waals surface area contributed by atoms with Gasteiger partial charge in [0.05, 0.1) is 24.2 Å². The van der Waals surface area contributed by atoms with E-state index in [-0.39, 0.29) is 48.8 Å². The molecule has 2 heterocycles. The van der Waals surface area contributed by atoms with Crippen molar-refractivity contribution in [2.24, 2.45) is 11.7 Å². The number of likely N-dealkylation sites (tertiary alicyclic amines) is 1. The van der Waals surface area contributed by atoms with Gasteiger partial charge >= 0.3 is 12.4 Å². The maximum absolute atomic E-state index is 13.6. The maximum Gasteiger partial charge on any atom is 0.544 e. The second-order valence-electron chi connectivity index (χ2n) is 9.41. The van der Waals surface area contributed by atoms with Crippen molar-refractivity contribution in [3.8, 4) is 5.75 Å². The highest BCUT2D eigenvalue weighted by Gasteiger charge is 2.57. The number of hydrogen-bond acceptors (Lipinski definition) is 6. The van der Waals surface area contributed by atoms with Gasteiger partial charge in [0.1, 0.15) is 18.4 Å². The number of piperidine rings is 1. The molecular weight excluding hydrogens is 521 g/mol. The number of ether oxygens (including phenoxy) is 1. The highest BCUT2D eigenvalue weighted by molar-refractivity contribution is 6.00. The highest BCUT2D eigenvalue weighted by Crippen LogP contribution is 2.49. The molecule has 3 N–H and O–H groups in total. The topological polar surface area (TPSA) is 127 Å². The molecule has 1 saturated heterocycles. The van der Waals surface area contributed by atoms with Gasteiger partial charge in [-0.2, -0.15) is 9.90 Å². The molecular formula is C26H25F3N4O6. The van der Waals surface area contributed by atoms with Gasteiger partial charge in [-0.25, -0.2) is 4.79 Å². The van der Waals surface area contributed by atoms with Gasteiger partial charge in [-0.15, -0.1) is 13.2 Å². The van der Waals surface area contributed by atoms with E-state index in [1.807, 2.05) is 0 Å². The van der Waals surface area contributed by atoms with Gasteiger partial charge < -0.3 is 20.5 Å². The summed E-state index contributed by atoms with van der Waals surface area (Å²) in [7, 11) is 0. The van der Waals surface area contributed by atoms with Crippen LogP contribution in [0.1, 0.15) is 18.4 Å². The third-order valence-electron chi connectivity index (χ3n) is 6.86. The van der Waals surface area contributed by atoms with E-state index in [9.17, 15) is 27.6 Å². The lowest BCUT2D eigenvalue weighted by atomic mass is 10.1. The van der Waals surface area contributed by atoms with Gasteiger partial charge in [-0.05, 0) is 54.7 Å². The molecule has 0 radical (unpaired) electrons. The van der Waals surface area contributed by atoms with Crippen LogP contribution in [0.5, 0.6) is 5.75 Å². The molecule has 3 unspecified atom stereocenters. The molecule has 10 nitrogen and oxygen atoms in total. The number of carbonyl (C=O) groups is 3. The summed E-state index contributed by atoms with van der Waals surface area (Å²) in [6.45, 7) is -0.175. The van der Waals surface area contributed by atoms with Crippen LogP contribution in [0, 0.1) is 5.92 Å². The summed E-state index contributed by atoms with van der Waals surface area (Å²) in [5, 5.41) is 9.73. The van der Waals surface area contributed by atoms with Gasteiger partial charge in [0.25, 0.3) is 5.91 Å². The first-order valence-corrected chi connectivity index (χ1v) is 12.2. The number of fused-ring (bicyclic) bond motifs is 2. The van der Waals surface area contributed by atoms with Crippen molar-refractivity contribution in [2.45, 2.75) is 37.7 Å². The predicted molar refractivity (Wildman–Crippen MR) is 131 cm³/mol. The molecule has 2 aliphatic rings. The molecule has 39 heavy (non-hydrogen) atoms. The number of amides is 3. The Morgan fingerprint density at radius 1 is 1.10 bits per heavy atom. The Bertz CT molecular complexity index is 1410. The Hall–Kier alpha value is -4.10. The van der Waals surface area contributed by atoms with Crippen LogP contribution in [0.15, 0.2) is 54.7 Å². The normalized spacial score (nSPS) is 20.1. The lowest BCUT2D eigenvalue weighted by Gasteiger charge is -2.31. The number of hydroxylamine groups is 1. The number of aliphatic hydroxyl groups is 1. The number of primary amides is 1. The minimum atomic E-state index is -5.13. The number of alkyl halides is 3. The summed E-state index contributed by atoms with van der Waals surface area (Å²) in [6, 6.07) is 9.71. The fraction of sp³-hybridized carbons (Fsp3) is 0.346. The molecule has 5 rings (SSSR count). The van der Waals surface area contributed by atoms with Crippen molar-refractivity contribution in [1.29, 1.82) is 0 Å². The number of para-hydroxylation sites is 1. The van der Waals surface area contributed by atoms with E-state index in [1.54, 1.807) is 24.3 Å². The largest absolute Gasteiger partial charge is 0.544 e. The number of rotatable bonds is 8. The smallest absolute Gasteiger partial charge is 0.491 e. The van der Waals surface area contributed by atoms with Crippen LogP contribution in [-0.4, -0.2) is 64.1 Å². The third-order valence-corrected chi connectivity index (χ3v) is 6.86. The Labute approximate surface area is 220 Å². The summed E-state index contributed by atoms with van der Waals surface area (Å²) in [5.41, 5.74) is 6.23. The number of hydrogen-bond donors (Lipinski definition) is 2. The molecule has 3 aromatic rings. The quantitative estimate of drug-likeness (QED) is 0.419.